The molecule has 0 aliphatic carbocycles. The molecular formula is C16H16ClN5O2S. The molecule has 0 bridgehead atoms. The molecule has 2 N–H and O–H groups in total. The number of pyridine rings is 1. The van der Waals surface area contributed by atoms with E-state index in [-0.39, 0.29) is 10.6 Å². The second-order valence-electron chi connectivity index (χ2n) is 5.60. The molecule has 130 valence electrons. The zero-order valence-electron chi connectivity index (χ0n) is 13.3. The Bertz CT molecular complexity index is 934. The van der Waals surface area contributed by atoms with Gasteiger partial charge in [0.05, 0.1) is 10.7 Å². The Labute approximate surface area is 151 Å². The average Bonchev–Trinajstić information content (AvgIpc) is 2.61. The molecule has 0 amide bonds. The lowest BCUT2D eigenvalue weighted by molar-refractivity contribution is 0.595. The Morgan fingerprint density at radius 1 is 1.08 bits per heavy atom. The lowest BCUT2D eigenvalue weighted by Crippen LogP contribution is -2.47. The van der Waals surface area contributed by atoms with Gasteiger partial charge in [-0.1, -0.05) is 23.7 Å². The van der Waals surface area contributed by atoms with Gasteiger partial charge < -0.3 is 9.80 Å². The van der Waals surface area contributed by atoms with Gasteiger partial charge in [0, 0.05) is 26.2 Å². The van der Waals surface area contributed by atoms with Crippen LogP contribution in [-0.4, -0.2) is 39.6 Å². The van der Waals surface area contributed by atoms with E-state index in [1.165, 1.54) is 6.07 Å². The monoisotopic (exact) mass is 377 g/mol. The number of sulfonamides is 1. The number of nitriles is 1. The fourth-order valence-electron chi connectivity index (χ4n) is 2.82. The largest absolute Gasteiger partial charge is 0.367 e. The SMILES string of the molecule is N#Cc1nc(N2CCN(c3ccccc3S(N)(=O)=O)CC2)ccc1Cl. The smallest absolute Gasteiger partial charge is 0.240 e. The van der Waals surface area contributed by atoms with Crippen molar-refractivity contribution in [2.24, 2.45) is 5.14 Å². The van der Waals surface area contributed by atoms with Crippen molar-refractivity contribution < 1.29 is 8.42 Å². The molecule has 1 aliphatic heterocycles. The van der Waals surface area contributed by atoms with Crippen molar-refractivity contribution in [3.63, 3.8) is 0 Å². The number of benzene rings is 1. The van der Waals surface area contributed by atoms with E-state index in [1.54, 1.807) is 30.3 Å². The van der Waals surface area contributed by atoms with Crippen molar-refractivity contribution in [2.75, 3.05) is 36.0 Å². The predicted octanol–water partition coefficient (Wildman–Crippen LogP) is 1.58. The van der Waals surface area contributed by atoms with Gasteiger partial charge in [0.25, 0.3) is 0 Å². The first-order valence-electron chi connectivity index (χ1n) is 7.58. The van der Waals surface area contributed by atoms with Crippen molar-refractivity contribution in [3.05, 3.63) is 47.1 Å². The minimum Gasteiger partial charge on any atom is -0.367 e. The van der Waals surface area contributed by atoms with Gasteiger partial charge in [-0.25, -0.2) is 18.5 Å². The first-order chi connectivity index (χ1) is 11.9. The fraction of sp³-hybridized carbons (Fsp3) is 0.250. The molecule has 2 aromatic rings. The third kappa shape index (κ3) is 3.69. The number of para-hydroxylation sites is 1. The van der Waals surface area contributed by atoms with Crippen molar-refractivity contribution in [1.82, 2.24) is 4.98 Å². The first kappa shape index (κ1) is 17.5. The molecular weight excluding hydrogens is 362 g/mol. The van der Waals surface area contributed by atoms with E-state index in [9.17, 15) is 8.42 Å². The summed E-state index contributed by atoms with van der Waals surface area (Å²) in [6.45, 7) is 2.49. The van der Waals surface area contributed by atoms with Gasteiger partial charge in [0.15, 0.2) is 5.69 Å². The summed E-state index contributed by atoms with van der Waals surface area (Å²) in [5.74, 6) is 0.681. The van der Waals surface area contributed by atoms with Gasteiger partial charge in [-0.2, -0.15) is 5.26 Å². The summed E-state index contributed by atoms with van der Waals surface area (Å²) in [6, 6.07) is 12.1. The van der Waals surface area contributed by atoms with Crippen LogP contribution in [0.3, 0.4) is 0 Å². The van der Waals surface area contributed by atoms with E-state index in [0.717, 1.165) is 0 Å². The highest BCUT2D eigenvalue weighted by Gasteiger charge is 2.23. The maximum absolute atomic E-state index is 11.8. The number of halogens is 1. The Morgan fingerprint density at radius 3 is 2.36 bits per heavy atom. The molecule has 0 radical (unpaired) electrons. The zero-order valence-corrected chi connectivity index (χ0v) is 14.8. The van der Waals surface area contributed by atoms with Crippen LogP contribution in [-0.2, 0) is 10.0 Å². The molecule has 7 nitrogen and oxygen atoms in total. The highest BCUT2D eigenvalue weighted by molar-refractivity contribution is 7.89. The van der Waals surface area contributed by atoms with Crippen LogP contribution in [0.2, 0.25) is 5.02 Å². The topological polar surface area (TPSA) is 103 Å². The number of hydrogen-bond acceptors (Lipinski definition) is 6. The molecule has 1 saturated heterocycles. The number of primary sulfonamides is 1. The zero-order chi connectivity index (χ0) is 18.0. The molecule has 3 rings (SSSR count). The lowest BCUT2D eigenvalue weighted by atomic mass is 10.2. The maximum atomic E-state index is 11.8. The van der Waals surface area contributed by atoms with Gasteiger partial charge >= 0.3 is 0 Å². The second kappa shape index (κ2) is 6.88. The standard InChI is InChI=1S/C16H16ClN5O2S/c17-12-5-6-16(20-13(12)11-18)22-9-7-21(8-10-22)14-3-1-2-4-15(14)25(19,23)24/h1-6H,7-10H2,(H2,19,23,24). The molecule has 0 spiro atoms. The van der Waals surface area contributed by atoms with Gasteiger partial charge in [-0.3, -0.25) is 0 Å². The summed E-state index contributed by atoms with van der Waals surface area (Å²) >= 11 is 5.92. The van der Waals surface area contributed by atoms with Gasteiger partial charge in [0.2, 0.25) is 10.0 Å². The Morgan fingerprint density at radius 2 is 1.72 bits per heavy atom. The van der Waals surface area contributed by atoms with Crippen LogP contribution in [0, 0.1) is 11.3 Å². The van der Waals surface area contributed by atoms with Crippen molar-refractivity contribution in [3.8, 4) is 6.07 Å². The summed E-state index contributed by atoms with van der Waals surface area (Å²) < 4.78 is 23.5. The van der Waals surface area contributed by atoms with E-state index < -0.39 is 10.0 Å². The van der Waals surface area contributed by atoms with Crippen LogP contribution in [0.5, 0.6) is 0 Å². The van der Waals surface area contributed by atoms with Crippen LogP contribution in [0.4, 0.5) is 11.5 Å². The van der Waals surface area contributed by atoms with Crippen molar-refractivity contribution in [1.29, 1.82) is 5.26 Å². The number of piperazine rings is 1. The maximum Gasteiger partial charge on any atom is 0.240 e. The molecule has 0 atom stereocenters. The van der Waals surface area contributed by atoms with Crippen LogP contribution < -0.4 is 14.9 Å². The van der Waals surface area contributed by atoms with E-state index in [1.807, 2.05) is 15.9 Å². The minimum atomic E-state index is -3.78. The van der Waals surface area contributed by atoms with E-state index >= 15 is 0 Å². The number of aromatic nitrogens is 1. The summed E-state index contributed by atoms with van der Waals surface area (Å²) in [7, 11) is -3.78. The second-order valence-corrected chi connectivity index (χ2v) is 7.54. The number of anilines is 2. The van der Waals surface area contributed by atoms with Crippen LogP contribution in [0.25, 0.3) is 0 Å². The van der Waals surface area contributed by atoms with Gasteiger partial charge in [-0.15, -0.1) is 0 Å². The van der Waals surface area contributed by atoms with Crippen LogP contribution in [0.1, 0.15) is 5.69 Å². The fourth-order valence-corrected chi connectivity index (χ4v) is 3.73. The van der Waals surface area contributed by atoms with E-state index in [4.69, 9.17) is 22.0 Å². The van der Waals surface area contributed by atoms with Crippen molar-refractivity contribution >= 4 is 33.1 Å². The normalized spacial score (nSPS) is 15.1. The molecule has 25 heavy (non-hydrogen) atoms. The number of rotatable bonds is 3. The van der Waals surface area contributed by atoms with Crippen molar-refractivity contribution in [2.45, 2.75) is 4.90 Å². The van der Waals surface area contributed by atoms with Gasteiger partial charge in [0.1, 0.15) is 16.8 Å². The third-order valence-corrected chi connectivity index (χ3v) is 5.32. The number of nitrogens with zero attached hydrogens (tertiary/aromatic N) is 4. The summed E-state index contributed by atoms with van der Waals surface area (Å²) in [5, 5.41) is 14.7. The van der Waals surface area contributed by atoms with E-state index in [0.29, 0.717) is 42.7 Å². The summed E-state index contributed by atoms with van der Waals surface area (Å²) in [4.78, 5) is 8.41. The average molecular weight is 378 g/mol. The molecule has 0 saturated carbocycles. The summed E-state index contributed by atoms with van der Waals surface area (Å²) in [6.07, 6.45) is 0. The molecule has 1 aromatic carbocycles. The first-order valence-corrected chi connectivity index (χ1v) is 9.51. The molecule has 1 aromatic heterocycles. The Balaban J connectivity index is 1.78. The highest BCUT2D eigenvalue weighted by Crippen LogP contribution is 2.26. The van der Waals surface area contributed by atoms with Crippen LogP contribution >= 0.6 is 11.6 Å². The quantitative estimate of drug-likeness (QED) is 0.870. The molecule has 1 aliphatic rings. The minimum absolute atomic E-state index is 0.125. The Kier molecular flexibility index (Phi) is 4.81. The predicted molar refractivity (Wildman–Crippen MR) is 96.2 cm³/mol. The lowest BCUT2D eigenvalue weighted by Gasteiger charge is -2.37. The molecule has 0 unspecified atom stereocenters. The highest BCUT2D eigenvalue weighted by atomic mass is 35.5. The molecule has 1 fully saturated rings. The Hall–Kier alpha value is -2.34. The third-order valence-electron chi connectivity index (χ3n) is 4.05. The van der Waals surface area contributed by atoms with Gasteiger partial charge in [-0.05, 0) is 24.3 Å². The number of hydrogen-bond donors (Lipinski definition) is 1. The molecule has 9 heteroatoms. The molecule has 2 heterocycles. The number of nitrogens with two attached hydrogens (primary N) is 1. The summed E-state index contributed by atoms with van der Waals surface area (Å²) in [5.41, 5.74) is 0.799. The van der Waals surface area contributed by atoms with Crippen LogP contribution in [0.15, 0.2) is 41.3 Å². The van der Waals surface area contributed by atoms with E-state index in [2.05, 4.69) is 4.98 Å².